The fourth-order valence-corrected chi connectivity index (χ4v) is 4.93. The second-order valence-corrected chi connectivity index (χ2v) is 8.23. The van der Waals surface area contributed by atoms with Gasteiger partial charge >= 0.3 is 0 Å². The second kappa shape index (κ2) is 6.56. The van der Waals surface area contributed by atoms with Crippen LogP contribution in [0, 0.1) is 0 Å². The first-order chi connectivity index (χ1) is 15.9. The van der Waals surface area contributed by atoms with E-state index in [1.54, 1.807) is 0 Å². The van der Waals surface area contributed by atoms with Crippen molar-refractivity contribution < 1.29 is 0 Å². The van der Waals surface area contributed by atoms with Gasteiger partial charge in [-0.3, -0.25) is 4.98 Å². The van der Waals surface area contributed by atoms with E-state index in [-0.39, 0.29) is 0 Å². The molecule has 0 saturated heterocycles. The molecule has 3 nitrogen and oxygen atoms in total. The smallest absolute Gasteiger partial charge is 0.0541 e. The number of aromatic amines is 1. The Morgan fingerprint density at radius 2 is 1.28 bits per heavy atom. The van der Waals surface area contributed by atoms with E-state index in [9.17, 15) is 0 Å². The minimum atomic E-state index is 1.12. The van der Waals surface area contributed by atoms with Crippen LogP contribution in [0.5, 0.6) is 0 Å². The zero-order valence-corrected chi connectivity index (χ0v) is 17.3. The van der Waals surface area contributed by atoms with Crippen LogP contribution in [0.1, 0.15) is 0 Å². The normalized spacial score (nSPS) is 11.8. The molecule has 150 valence electrons. The third kappa shape index (κ3) is 2.45. The third-order valence-corrected chi connectivity index (χ3v) is 6.42. The molecule has 4 aromatic carbocycles. The highest BCUT2D eigenvalue weighted by Gasteiger charge is 2.13. The summed E-state index contributed by atoms with van der Waals surface area (Å²) in [5, 5.41) is 4.90. The Morgan fingerprint density at radius 3 is 2.19 bits per heavy atom. The lowest BCUT2D eigenvalue weighted by Gasteiger charge is -2.08. The van der Waals surface area contributed by atoms with Gasteiger partial charge in [0.15, 0.2) is 0 Å². The number of nitrogens with one attached hydrogen (secondary N) is 1. The minimum absolute atomic E-state index is 1.12. The highest BCUT2D eigenvalue weighted by molar-refractivity contribution is 6.11. The van der Waals surface area contributed by atoms with Crippen molar-refractivity contribution in [3.05, 3.63) is 109 Å². The average Bonchev–Trinajstić information content (AvgIpc) is 3.39. The quantitative estimate of drug-likeness (QED) is 0.315. The fraction of sp³-hybridized carbons (Fsp3) is 0. The second-order valence-electron chi connectivity index (χ2n) is 8.23. The van der Waals surface area contributed by atoms with E-state index in [0.717, 1.165) is 16.4 Å². The fourth-order valence-electron chi connectivity index (χ4n) is 4.93. The summed E-state index contributed by atoms with van der Waals surface area (Å²) in [6.07, 6.45) is 3.77. The molecular weight excluding hydrogens is 390 g/mol. The van der Waals surface area contributed by atoms with Crippen molar-refractivity contribution in [1.82, 2.24) is 14.5 Å². The molecule has 7 rings (SSSR count). The molecule has 0 spiro atoms. The van der Waals surface area contributed by atoms with Crippen molar-refractivity contribution >= 4 is 43.6 Å². The SMILES string of the molecule is c1ccc(-n2c3ccccc3c3cc(-c4ccc5[nH]c6ccncc6c5c4)ccc32)cc1. The van der Waals surface area contributed by atoms with E-state index in [1.165, 1.54) is 44.0 Å². The Balaban J connectivity index is 1.49. The Morgan fingerprint density at radius 1 is 0.562 bits per heavy atom. The van der Waals surface area contributed by atoms with Crippen molar-refractivity contribution in [3.63, 3.8) is 0 Å². The molecule has 0 bridgehead atoms. The molecule has 0 aliphatic rings. The zero-order valence-electron chi connectivity index (χ0n) is 17.3. The van der Waals surface area contributed by atoms with Crippen LogP contribution in [-0.4, -0.2) is 14.5 Å². The number of nitrogens with zero attached hydrogens (tertiary/aromatic N) is 2. The van der Waals surface area contributed by atoms with Gasteiger partial charge in [0.25, 0.3) is 0 Å². The number of fused-ring (bicyclic) bond motifs is 6. The molecule has 0 saturated carbocycles. The molecule has 0 amide bonds. The van der Waals surface area contributed by atoms with E-state index in [0.29, 0.717) is 0 Å². The van der Waals surface area contributed by atoms with Crippen LogP contribution in [0.4, 0.5) is 0 Å². The summed E-state index contributed by atoms with van der Waals surface area (Å²) < 4.78 is 2.35. The highest BCUT2D eigenvalue weighted by atomic mass is 15.0. The lowest BCUT2D eigenvalue weighted by Crippen LogP contribution is -1.92. The van der Waals surface area contributed by atoms with Crippen molar-refractivity contribution in [2.45, 2.75) is 0 Å². The van der Waals surface area contributed by atoms with E-state index < -0.39 is 0 Å². The van der Waals surface area contributed by atoms with E-state index in [1.807, 2.05) is 18.5 Å². The topological polar surface area (TPSA) is 33.6 Å². The van der Waals surface area contributed by atoms with Gasteiger partial charge in [-0.05, 0) is 59.7 Å². The molecule has 7 aromatic rings. The Bertz CT molecular complexity index is 1770. The highest BCUT2D eigenvalue weighted by Crippen LogP contribution is 2.36. The van der Waals surface area contributed by atoms with Crippen molar-refractivity contribution in [1.29, 1.82) is 0 Å². The van der Waals surface area contributed by atoms with E-state index in [2.05, 4.69) is 106 Å². The van der Waals surface area contributed by atoms with E-state index in [4.69, 9.17) is 0 Å². The summed E-state index contributed by atoms with van der Waals surface area (Å²) in [5.41, 5.74) is 8.31. The van der Waals surface area contributed by atoms with Crippen LogP contribution in [-0.2, 0) is 0 Å². The summed E-state index contributed by atoms with van der Waals surface area (Å²) >= 11 is 0. The van der Waals surface area contributed by atoms with E-state index >= 15 is 0 Å². The summed E-state index contributed by atoms with van der Waals surface area (Å²) in [7, 11) is 0. The summed E-state index contributed by atoms with van der Waals surface area (Å²) in [6, 6.07) is 34.7. The monoisotopic (exact) mass is 409 g/mol. The van der Waals surface area contributed by atoms with Crippen molar-refractivity contribution in [2.75, 3.05) is 0 Å². The Kier molecular flexibility index (Phi) is 3.55. The molecule has 0 unspecified atom stereocenters. The number of rotatable bonds is 2. The summed E-state index contributed by atoms with van der Waals surface area (Å²) in [4.78, 5) is 7.81. The zero-order chi connectivity index (χ0) is 21.1. The van der Waals surface area contributed by atoms with Crippen LogP contribution in [0.15, 0.2) is 109 Å². The van der Waals surface area contributed by atoms with Gasteiger partial charge in [-0.15, -0.1) is 0 Å². The summed E-state index contributed by atoms with van der Waals surface area (Å²) in [5.74, 6) is 0. The molecule has 0 aliphatic carbocycles. The van der Waals surface area contributed by atoms with Gasteiger partial charge < -0.3 is 9.55 Å². The van der Waals surface area contributed by atoms with Crippen LogP contribution in [0.3, 0.4) is 0 Å². The van der Waals surface area contributed by atoms with Gasteiger partial charge in [0.2, 0.25) is 0 Å². The van der Waals surface area contributed by atoms with Crippen molar-refractivity contribution in [2.24, 2.45) is 0 Å². The average molecular weight is 409 g/mol. The molecule has 0 radical (unpaired) electrons. The first-order valence-corrected chi connectivity index (χ1v) is 10.8. The van der Waals surface area contributed by atoms with Gasteiger partial charge in [0, 0.05) is 50.7 Å². The number of pyridine rings is 1. The van der Waals surface area contributed by atoms with Gasteiger partial charge in [-0.25, -0.2) is 0 Å². The van der Waals surface area contributed by atoms with Crippen LogP contribution >= 0.6 is 0 Å². The molecular formula is C29H19N3. The molecule has 0 fully saturated rings. The van der Waals surface area contributed by atoms with Gasteiger partial charge in [-0.1, -0.05) is 48.5 Å². The van der Waals surface area contributed by atoms with Gasteiger partial charge in [0.1, 0.15) is 0 Å². The lowest BCUT2D eigenvalue weighted by molar-refractivity contribution is 1.18. The molecule has 0 atom stereocenters. The third-order valence-electron chi connectivity index (χ3n) is 6.42. The Hall–Kier alpha value is -4.37. The number of aromatic nitrogens is 3. The van der Waals surface area contributed by atoms with Crippen molar-refractivity contribution in [3.8, 4) is 16.8 Å². The molecule has 3 heteroatoms. The standard InChI is InChI=1S/C29H19N3/c1-2-6-21(7-3-1)32-28-9-5-4-8-22(28)24-17-20(11-13-29(24)32)19-10-12-26-23(16-19)25-18-30-15-14-27(25)31-26/h1-18,31H. The number of para-hydroxylation sites is 2. The predicted octanol–water partition coefficient (Wildman–Crippen LogP) is 7.48. The molecule has 1 N–H and O–H groups in total. The largest absolute Gasteiger partial charge is 0.354 e. The first-order valence-electron chi connectivity index (χ1n) is 10.8. The molecule has 32 heavy (non-hydrogen) atoms. The molecule has 0 aliphatic heterocycles. The predicted molar refractivity (Wildman–Crippen MR) is 133 cm³/mol. The Labute approximate surface area is 184 Å². The summed E-state index contributed by atoms with van der Waals surface area (Å²) in [6.45, 7) is 0. The molecule has 3 aromatic heterocycles. The van der Waals surface area contributed by atoms with Crippen LogP contribution in [0.2, 0.25) is 0 Å². The lowest BCUT2D eigenvalue weighted by atomic mass is 10.0. The number of H-pyrrole nitrogens is 1. The maximum atomic E-state index is 4.32. The van der Waals surface area contributed by atoms with Gasteiger partial charge in [0.05, 0.1) is 11.0 Å². The van der Waals surface area contributed by atoms with Crippen LogP contribution < -0.4 is 0 Å². The number of hydrogen-bond donors (Lipinski definition) is 1. The van der Waals surface area contributed by atoms with Crippen LogP contribution in [0.25, 0.3) is 60.4 Å². The molecule has 3 heterocycles. The number of benzene rings is 4. The maximum Gasteiger partial charge on any atom is 0.0541 e. The number of hydrogen-bond acceptors (Lipinski definition) is 1. The maximum absolute atomic E-state index is 4.32. The van der Waals surface area contributed by atoms with Gasteiger partial charge in [-0.2, -0.15) is 0 Å². The first kappa shape index (κ1) is 17.3. The minimum Gasteiger partial charge on any atom is -0.354 e.